The zero-order chi connectivity index (χ0) is 18.5. The summed E-state index contributed by atoms with van der Waals surface area (Å²) in [6.45, 7) is 10.9. The van der Waals surface area contributed by atoms with Crippen LogP contribution in [0.3, 0.4) is 0 Å². The van der Waals surface area contributed by atoms with Crippen molar-refractivity contribution in [2.24, 2.45) is 4.99 Å². The highest BCUT2D eigenvalue weighted by Crippen LogP contribution is 2.20. The molecule has 0 spiro atoms. The molecule has 1 aromatic carbocycles. The number of nitrogens with zero attached hydrogens (tertiary/aromatic N) is 4. The van der Waals surface area contributed by atoms with Gasteiger partial charge in [0.05, 0.1) is 5.69 Å². The second-order valence-electron chi connectivity index (χ2n) is 6.37. The fourth-order valence-corrected chi connectivity index (χ4v) is 3.21. The lowest BCUT2D eigenvalue weighted by Crippen LogP contribution is -2.52. The number of oxazole rings is 1. The molecule has 0 amide bonds. The van der Waals surface area contributed by atoms with E-state index in [1.54, 1.807) is 0 Å². The molecule has 2 heterocycles. The third kappa shape index (κ3) is 4.49. The Balaban J connectivity index is 1.63. The van der Waals surface area contributed by atoms with Crippen molar-refractivity contribution in [1.29, 1.82) is 0 Å². The standard InChI is InChI=1S/C19H26ClN5O/c1-4-21-19(22-13-18-23-14(2)15(3)26-18)25-10-8-24(9-11-25)17-7-5-6-16(20)12-17/h5-7,12H,4,8-11,13H2,1-3H3,(H,21,22). The topological polar surface area (TPSA) is 56.9 Å². The minimum atomic E-state index is 0.450. The van der Waals surface area contributed by atoms with Crippen LogP contribution in [0, 0.1) is 13.8 Å². The molecule has 0 radical (unpaired) electrons. The highest BCUT2D eigenvalue weighted by Gasteiger charge is 2.20. The van der Waals surface area contributed by atoms with Crippen LogP contribution < -0.4 is 10.2 Å². The van der Waals surface area contributed by atoms with Gasteiger partial charge in [0.1, 0.15) is 12.3 Å². The number of halogens is 1. The van der Waals surface area contributed by atoms with Crippen LogP contribution in [-0.4, -0.2) is 48.6 Å². The number of benzene rings is 1. The van der Waals surface area contributed by atoms with E-state index in [4.69, 9.17) is 21.0 Å². The molecule has 0 saturated carbocycles. The third-order valence-corrected chi connectivity index (χ3v) is 4.76. The molecule has 26 heavy (non-hydrogen) atoms. The van der Waals surface area contributed by atoms with Gasteiger partial charge in [-0.25, -0.2) is 9.98 Å². The van der Waals surface area contributed by atoms with Crippen LogP contribution in [0.15, 0.2) is 33.7 Å². The Bertz CT molecular complexity index is 746. The average molecular weight is 376 g/mol. The number of piperazine rings is 1. The van der Waals surface area contributed by atoms with Gasteiger partial charge in [-0.3, -0.25) is 0 Å². The van der Waals surface area contributed by atoms with Gasteiger partial charge in [-0.2, -0.15) is 0 Å². The van der Waals surface area contributed by atoms with Gasteiger partial charge in [0.25, 0.3) is 0 Å². The van der Waals surface area contributed by atoms with Gasteiger partial charge in [0.15, 0.2) is 5.96 Å². The van der Waals surface area contributed by atoms with Gasteiger partial charge in [0, 0.05) is 43.4 Å². The summed E-state index contributed by atoms with van der Waals surface area (Å²) < 4.78 is 5.63. The fourth-order valence-electron chi connectivity index (χ4n) is 3.02. The number of aliphatic imine (C=N–C) groups is 1. The van der Waals surface area contributed by atoms with Crippen molar-refractivity contribution in [2.45, 2.75) is 27.3 Å². The van der Waals surface area contributed by atoms with Crippen LogP contribution in [0.1, 0.15) is 24.3 Å². The normalized spacial score (nSPS) is 15.5. The molecule has 1 aliphatic rings. The van der Waals surface area contributed by atoms with Crippen molar-refractivity contribution in [3.8, 4) is 0 Å². The molecule has 1 fully saturated rings. The van der Waals surface area contributed by atoms with Gasteiger partial charge in [-0.05, 0) is 39.0 Å². The maximum absolute atomic E-state index is 6.12. The molecule has 1 aromatic heterocycles. The van der Waals surface area contributed by atoms with E-state index in [2.05, 4.69) is 33.1 Å². The Morgan fingerprint density at radius 2 is 2.04 bits per heavy atom. The average Bonchev–Trinajstić information content (AvgIpc) is 2.97. The lowest BCUT2D eigenvalue weighted by atomic mass is 10.2. The summed E-state index contributed by atoms with van der Waals surface area (Å²) >= 11 is 6.12. The summed E-state index contributed by atoms with van der Waals surface area (Å²) in [6, 6.07) is 8.02. The second kappa shape index (κ2) is 8.45. The van der Waals surface area contributed by atoms with Crippen molar-refractivity contribution in [2.75, 3.05) is 37.6 Å². The molecule has 1 saturated heterocycles. The lowest BCUT2D eigenvalue weighted by molar-refractivity contribution is 0.371. The SMILES string of the molecule is CCNC(=NCc1nc(C)c(C)o1)N1CCN(c2cccc(Cl)c2)CC1. The number of anilines is 1. The first kappa shape index (κ1) is 18.6. The summed E-state index contributed by atoms with van der Waals surface area (Å²) in [4.78, 5) is 13.8. The van der Waals surface area contributed by atoms with Crippen LogP contribution in [0.25, 0.3) is 0 Å². The van der Waals surface area contributed by atoms with E-state index >= 15 is 0 Å². The Hall–Kier alpha value is -2.21. The van der Waals surface area contributed by atoms with E-state index < -0.39 is 0 Å². The third-order valence-electron chi connectivity index (χ3n) is 4.52. The van der Waals surface area contributed by atoms with Gasteiger partial charge in [-0.1, -0.05) is 17.7 Å². The summed E-state index contributed by atoms with van der Waals surface area (Å²) in [5.74, 6) is 2.43. The van der Waals surface area contributed by atoms with Crippen LogP contribution >= 0.6 is 11.6 Å². The van der Waals surface area contributed by atoms with Gasteiger partial charge in [-0.15, -0.1) is 0 Å². The number of rotatable bonds is 4. The van der Waals surface area contributed by atoms with E-state index in [-0.39, 0.29) is 0 Å². The van der Waals surface area contributed by atoms with Crippen LogP contribution in [-0.2, 0) is 6.54 Å². The fraction of sp³-hybridized carbons (Fsp3) is 0.474. The maximum Gasteiger partial charge on any atom is 0.216 e. The molecule has 0 unspecified atom stereocenters. The first-order valence-corrected chi connectivity index (χ1v) is 9.41. The monoisotopic (exact) mass is 375 g/mol. The maximum atomic E-state index is 6.12. The summed E-state index contributed by atoms with van der Waals surface area (Å²) in [5.41, 5.74) is 2.10. The van der Waals surface area contributed by atoms with Crippen molar-refractivity contribution < 1.29 is 4.42 Å². The van der Waals surface area contributed by atoms with Crippen molar-refractivity contribution in [3.63, 3.8) is 0 Å². The lowest BCUT2D eigenvalue weighted by Gasteiger charge is -2.37. The number of hydrogen-bond donors (Lipinski definition) is 1. The number of nitrogens with one attached hydrogen (secondary N) is 1. The number of aryl methyl sites for hydroxylation is 2. The van der Waals surface area contributed by atoms with Crippen molar-refractivity contribution in [3.05, 3.63) is 46.6 Å². The van der Waals surface area contributed by atoms with Gasteiger partial charge >= 0.3 is 0 Å². The van der Waals surface area contributed by atoms with Crippen molar-refractivity contribution in [1.82, 2.24) is 15.2 Å². The predicted molar refractivity (Wildman–Crippen MR) is 106 cm³/mol. The molecule has 0 atom stereocenters. The molecule has 0 aliphatic carbocycles. The number of aromatic nitrogens is 1. The van der Waals surface area contributed by atoms with E-state index in [1.165, 1.54) is 5.69 Å². The molecule has 3 rings (SSSR count). The Kier molecular flexibility index (Phi) is 6.04. The quantitative estimate of drug-likeness (QED) is 0.656. The summed E-state index contributed by atoms with van der Waals surface area (Å²) in [5, 5.41) is 4.15. The van der Waals surface area contributed by atoms with E-state index in [9.17, 15) is 0 Å². The highest BCUT2D eigenvalue weighted by molar-refractivity contribution is 6.30. The molecule has 1 aliphatic heterocycles. The van der Waals surface area contributed by atoms with Crippen LogP contribution in [0.4, 0.5) is 5.69 Å². The summed E-state index contributed by atoms with van der Waals surface area (Å²) in [7, 11) is 0. The van der Waals surface area contributed by atoms with E-state index in [1.807, 2.05) is 32.0 Å². The number of guanidine groups is 1. The highest BCUT2D eigenvalue weighted by atomic mass is 35.5. The Morgan fingerprint density at radius 3 is 2.65 bits per heavy atom. The van der Waals surface area contributed by atoms with Crippen molar-refractivity contribution >= 4 is 23.2 Å². The first-order valence-electron chi connectivity index (χ1n) is 9.03. The minimum Gasteiger partial charge on any atom is -0.444 e. The Labute approximate surface area is 159 Å². The smallest absolute Gasteiger partial charge is 0.216 e. The molecular formula is C19H26ClN5O. The minimum absolute atomic E-state index is 0.450. The summed E-state index contributed by atoms with van der Waals surface area (Å²) in [6.07, 6.45) is 0. The first-order chi connectivity index (χ1) is 12.6. The molecule has 6 nitrogen and oxygen atoms in total. The van der Waals surface area contributed by atoms with Crippen LogP contribution in [0.2, 0.25) is 5.02 Å². The van der Waals surface area contributed by atoms with Gasteiger partial charge < -0.3 is 19.5 Å². The molecule has 7 heteroatoms. The molecule has 140 valence electrons. The molecule has 0 bridgehead atoms. The zero-order valence-corrected chi connectivity index (χ0v) is 16.4. The molecule has 1 N–H and O–H groups in total. The van der Waals surface area contributed by atoms with Gasteiger partial charge in [0.2, 0.25) is 5.89 Å². The molecule has 2 aromatic rings. The largest absolute Gasteiger partial charge is 0.444 e. The zero-order valence-electron chi connectivity index (χ0n) is 15.6. The van der Waals surface area contributed by atoms with Crippen LogP contribution in [0.5, 0.6) is 0 Å². The molecular weight excluding hydrogens is 350 g/mol. The van der Waals surface area contributed by atoms with E-state index in [0.29, 0.717) is 12.4 Å². The second-order valence-corrected chi connectivity index (χ2v) is 6.81. The predicted octanol–water partition coefficient (Wildman–Crippen LogP) is 3.23. The Morgan fingerprint density at radius 1 is 1.27 bits per heavy atom. The number of hydrogen-bond acceptors (Lipinski definition) is 4. The van der Waals surface area contributed by atoms with E-state index in [0.717, 1.165) is 55.2 Å².